The second-order valence-electron chi connectivity index (χ2n) is 6.08. The molecule has 4 heteroatoms. The molecule has 108 valence electrons. The third kappa shape index (κ3) is 9.28. The monoisotopic (exact) mass is 256 g/mol. The fraction of sp³-hybridized carbons (Fsp3) is 0.929. The van der Waals surface area contributed by atoms with Crippen LogP contribution in [0.2, 0.25) is 0 Å². The van der Waals surface area contributed by atoms with Crippen LogP contribution in [0, 0.1) is 11.8 Å². The van der Waals surface area contributed by atoms with Crippen LogP contribution in [0.4, 0.5) is 0 Å². The van der Waals surface area contributed by atoms with E-state index in [-0.39, 0.29) is 0 Å². The first kappa shape index (κ1) is 17.2. The van der Waals surface area contributed by atoms with Crippen LogP contribution in [-0.4, -0.2) is 44.1 Å². The van der Waals surface area contributed by atoms with Gasteiger partial charge >= 0.3 is 0 Å². The molecular weight excluding hydrogens is 224 g/mol. The lowest BCUT2D eigenvalue weighted by Crippen LogP contribution is -2.36. The van der Waals surface area contributed by atoms with Gasteiger partial charge in [-0.2, -0.15) is 0 Å². The largest absolute Gasteiger partial charge is 0.370 e. The summed E-state index contributed by atoms with van der Waals surface area (Å²) in [6, 6.07) is 0.468. The predicted octanol–water partition coefficient (Wildman–Crippen LogP) is 1.91. The maximum absolute atomic E-state index is 5.86. The van der Waals surface area contributed by atoms with Gasteiger partial charge in [-0.05, 0) is 38.8 Å². The molecular formula is C14H32N4. The van der Waals surface area contributed by atoms with Crippen LogP contribution in [0.15, 0.2) is 4.99 Å². The third-order valence-corrected chi connectivity index (χ3v) is 2.97. The number of rotatable bonds is 8. The molecule has 1 atom stereocenters. The Morgan fingerprint density at radius 1 is 1.17 bits per heavy atom. The Labute approximate surface area is 113 Å². The molecule has 0 radical (unpaired) electrons. The van der Waals surface area contributed by atoms with Gasteiger partial charge < -0.3 is 16.0 Å². The van der Waals surface area contributed by atoms with Gasteiger partial charge in [0.25, 0.3) is 0 Å². The van der Waals surface area contributed by atoms with Crippen LogP contribution in [0.5, 0.6) is 0 Å². The Kier molecular flexibility index (Phi) is 8.81. The average molecular weight is 256 g/mol. The SMILES string of the molecule is CC(C)CCNC(N)=NCC(CC(C)C)N(C)C. The van der Waals surface area contributed by atoms with E-state index in [1.807, 2.05) is 0 Å². The zero-order valence-corrected chi connectivity index (χ0v) is 13.0. The van der Waals surface area contributed by atoms with E-state index in [9.17, 15) is 0 Å². The second kappa shape index (κ2) is 9.20. The van der Waals surface area contributed by atoms with E-state index >= 15 is 0 Å². The number of hydrogen-bond acceptors (Lipinski definition) is 2. The molecule has 0 rings (SSSR count). The summed E-state index contributed by atoms with van der Waals surface area (Å²) >= 11 is 0. The number of likely N-dealkylation sites (N-methyl/N-ethyl adjacent to an activating group) is 1. The fourth-order valence-electron chi connectivity index (χ4n) is 1.74. The van der Waals surface area contributed by atoms with Crippen LogP contribution in [0.25, 0.3) is 0 Å². The minimum Gasteiger partial charge on any atom is -0.370 e. The summed E-state index contributed by atoms with van der Waals surface area (Å²) in [6.45, 7) is 10.6. The van der Waals surface area contributed by atoms with Crippen molar-refractivity contribution in [2.45, 2.75) is 46.6 Å². The normalized spacial score (nSPS) is 14.6. The highest BCUT2D eigenvalue weighted by molar-refractivity contribution is 5.77. The Hall–Kier alpha value is -0.770. The van der Waals surface area contributed by atoms with Gasteiger partial charge in [0, 0.05) is 12.6 Å². The van der Waals surface area contributed by atoms with Crippen molar-refractivity contribution in [2.24, 2.45) is 22.6 Å². The summed E-state index contributed by atoms with van der Waals surface area (Å²) in [5, 5.41) is 3.17. The lowest BCUT2D eigenvalue weighted by atomic mass is 10.0. The third-order valence-electron chi connectivity index (χ3n) is 2.97. The Bertz CT molecular complexity index is 234. The number of aliphatic imine (C=N–C) groups is 1. The van der Waals surface area contributed by atoms with E-state index in [2.05, 4.69) is 57.0 Å². The summed E-state index contributed by atoms with van der Waals surface area (Å²) < 4.78 is 0. The lowest BCUT2D eigenvalue weighted by Gasteiger charge is -2.24. The smallest absolute Gasteiger partial charge is 0.188 e. The van der Waals surface area contributed by atoms with Crippen molar-refractivity contribution in [1.29, 1.82) is 0 Å². The van der Waals surface area contributed by atoms with Crippen molar-refractivity contribution in [3.8, 4) is 0 Å². The Morgan fingerprint density at radius 2 is 1.78 bits per heavy atom. The quantitative estimate of drug-likeness (QED) is 0.515. The highest BCUT2D eigenvalue weighted by Crippen LogP contribution is 2.09. The highest BCUT2D eigenvalue weighted by atomic mass is 15.1. The van der Waals surface area contributed by atoms with Gasteiger partial charge in [-0.25, -0.2) is 0 Å². The van der Waals surface area contributed by atoms with Gasteiger partial charge in [-0.1, -0.05) is 27.7 Å². The molecule has 0 bridgehead atoms. The molecule has 0 saturated carbocycles. The molecule has 0 saturated heterocycles. The van der Waals surface area contributed by atoms with Gasteiger partial charge in [0.05, 0.1) is 6.54 Å². The minimum atomic E-state index is 0.468. The van der Waals surface area contributed by atoms with Crippen molar-refractivity contribution >= 4 is 5.96 Å². The van der Waals surface area contributed by atoms with Crippen molar-refractivity contribution < 1.29 is 0 Å². The number of nitrogens with zero attached hydrogens (tertiary/aromatic N) is 2. The van der Waals surface area contributed by atoms with Crippen molar-refractivity contribution in [1.82, 2.24) is 10.2 Å². The molecule has 0 aliphatic rings. The zero-order valence-electron chi connectivity index (χ0n) is 13.0. The van der Waals surface area contributed by atoms with E-state index in [1.54, 1.807) is 0 Å². The molecule has 18 heavy (non-hydrogen) atoms. The fourth-order valence-corrected chi connectivity index (χ4v) is 1.74. The first-order valence-corrected chi connectivity index (χ1v) is 7.03. The van der Waals surface area contributed by atoms with Gasteiger partial charge in [-0.3, -0.25) is 4.99 Å². The molecule has 0 aromatic carbocycles. The Morgan fingerprint density at radius 3 is 2.22 bits per heavy atom. The molecule has 0 aromatic heterocycles. The van der Waals surface area contributed by atoms with E-state index in [1.165, 1.54) is 0 Å². The first-order valence-electron chi connectivity index (χ1n) is 7.03. The lowest BCUT2D eigenvalue weighted by molar-refractivity contribution is 0.261. The zero-order chi connectivity index (χ0) is 14.1. The summed E-state index contributed by atoms with van der Waals surface area (Å²) in [6.07, 6.45) is 2.27. The summed E-state index contributed by atoms with van der Waals surface area (Å²) in [5.74, 6) is 1.95. The van der Waals surface area contributed by atoms with Crippen LogP contribution in [-0.2, 0) is 0 Å². The van der Waals surface area contributed by atoms with Gasteiger partial charge in [-0.15, -0.1) is 0 Å². The maximum Gasteiger partial charge on any atom is 0.188 e. The van der Waals surface area contributed by atoms with E-state index < -0.39 is 0 Å². The van der Waals surface area contributed by atoms with Crippen molar-refractivity contribution in [3.63, 3.8) is 0 Å². The number of nitrogens with one attached hydrogen (secondary N) is 1. The molecule has 4 nitrogen and oxygen atoms in total. The molecule has 0 fully saturated rings. The van der Waals surface area contributed by atoms with Crippen LogP contribution in [0.3, 0.4) is 0 Å². The molecule has 0 aliphatic carbocycles. The second-order valence-corrected chi connectivity index (χ2v) is 6.08. The van der Waals surface area contributed by atoms with E-state index in [4.69, 9.17) is 5.73 Å². The summed E-state index contributed by atoms with van der Waals surface area (Å²) in [7, 11) is 4.20. The Balaban J connectivity index is 4.06. The average Bonchev–Trinajstić information content (AvgIpc) is 2.22. The molecule has 0 aromatic rings. The molecule has 0 aliphatic heterocycles. The standard InChI is InChI=1S/C14H32N4/c1-11(2)7-8-16-14(15)17-10-13(18(5)6)9-12(3)4/h11-13H,7-10H2,1-6H3,(H3,15,16,17). The topological polar surface area (TPSA) is 53.6 Å². The minimum absolute atomic E-state index is 0.468. The van der Waals surface area contributed by atoms with Crippen LogP contribution < -0.4 is 11.1 Å². The van der Waals surface area contributed by atoms with Gasteiger partial charge in [0.2, 0.25) is 0 Å². The number of guanidine groups is 1. The predicted molar refractivity (Wildman–Crippen MR) is 80.9 cm³/mol. The van der Waals surface area contributed by atoms with Gasteiger partial charge in [0.15, 0.2) is 5.96 Å². The van der Waals surface area contributed by atoms with E-state index in [0.717, 1.165) is 25.9 Å². The summed E-state index contributed by atoms with van der Waals surface area (Å²) in [5.41, 5.74) is 5.86. The highest BCUT2D eigenvalue weighted by Gasteiger charge is 2.12. The molecule has 3 N–H and O–H groups in total. The first-order chi connectivity index (χ1) is 8.32. The van der Waals surface area contributed by atoms with Crippen LogP contribution in [0.1, 0.15) is 40.5 Å². The van der Waals surface area contributed by atoms with E-state index in [0.29, 0.717) is 23.8 Å². The number of hydrogen-bond donors (Lipinski definition) is 2. The van der Waals surface area contributed by atoms with Gasteiger partial charge in [0.1, 0.15) is 0 Å². The van der Waals surface area contributed by atoms with Crippen molar-refractivity contribution in [3.05, 3.63) is 0 Å². The molecule has 0 heterocycles. The molecule has 0 amide bonds. The molecule has 0 spiro atoms. The maximum atomic E-state index is 5.86. The summed E-state index contributed by atoms with van der Waals surface area (Å²) in [4.78, 5) is 6.66. The number of nitrogens with two attached hydrogens (primary N) is 1. The molecule has 1 unspecified atom stereocenters. The van der Waals surface area contributed by atoms with Crippen LogP contribution >= 0.6 is 0 Å². The van der Waals surface area contributed by atoms with Crippen molar-refractivity contribution in [2.75, 3.05) is 27.2 Å².